The van der Waals surface area contributed by atoms with Gasteiger partial charge in [0, 0.05) is 19.4 Å². The molecule has 0 radical (unpaired) electrons. The third kappa shape index (κ3) is 4.43. The molecule has 2 atom stereocenters. The minimum absolute atomic E-state index is 0.0585. The lowest BCUT2D eigenvalue weighted by Crippen LogP contribution is -2.40. The lowest BCUT2D eigenvalue weighted by Gasteiger charge is -2.22. The first-order valence-electron chi connectivity index (χ1n) is 8.29. The molecular weight excluding hydrogens is 270 g/mol. The van der Waals surface area contributed by atoms with Crippen molar-refractivity contribution in [1.29, 1.82) is 0 Å². The third-order valence-electron chi connectivity index (χ3n) is 4.52. The highest BCUT2D eigenvalue weighted by molar-refractivity contribution is 5.84. The maximum Gasteiger partial charge on any atom is 0.326 e. The number of carboxylic acids is 1. The minimum Gasteiger partial charge on any atom is -0.480 e. The second-order valence-corrected chi connectivity index (χ2v) is 6.26. The third-order valence-corrected chi connectivity index (χ3v) is 4.52. The van der Waals surface area contributed by atoms with Gasteiger partial charge in [-0.2, -0.15) is 0 Å². The van der Waals surface area contributed by atoms with Crippen LogP contribution in [0.3, 0.4) is 0 Å². The molecule has 2 unspecified atom stereocenters. The van der Waals surface area contributed by atoms with Crippen LogP contribution in [0.25, 0.3) is 0 Å². The van der Waals surface area contributed by atoms with Crippen LogP contribution in [0.2, 0.25) is 0 Å². The Hall–Kier alpha value is -1.10. The summed E-state index contributed by atoms with van der Waals surface area (Å²) in [6.07, 6.45) is 8.78. The predicted octanol–water partition coefficient (Wildman–Crippen LogP) is 2.58. The summed E-state index contributed by atoms with van der Waals surface area (Å²) in [5.74, 6) is -0.969. The van der Waals surface area contributed by atoms with Crippen LogP contribution >= 0.6 is 0 Å². The van der Waals surface area contributed by atoms with E-state index in [2.05, 4.69) is 0 Å². The molecule has 5 nitrogen and oxygen atoms in total. The molecule has 1 amide bonds. The van der Waals surface area contributed by atoms with Crippen molar-refractivity contribution < 1.29 is 19.4 Å². The molecular formula is C16H27NO4. The largest absolute Gasteiger partial charge is 0.480 e. The molecule has 120 valence electrons. The number of hydrogen-bond donors (Lipinski definition) is 1. The summed E-state index contributed by atoms with van der Waals surface area (Å²) >= 11 is 0. The van der Waals surface area contributed by atoms with Crippen LogP contribution in [0.15, 0.2) is 0 Å². The van der Waals surface area contributed by atoms with Gasteiger partial charge in [-0.25, -0.2) is 4.79 Å². The van der Waals surface area contributed by atoms with Crippen LogP contribution in [-0.4, -0.2) is 46.7 Å². The number of aliphatic carboxylic acids is 1. The zero-order valence-electron chi connectivity index (χ0n) is 12.9. The number of carbonyl (C=O) groups is 2. The second-order valence-electron chi connectivity index (χ2n) is 6.26. The minimum atomic E-state index is -0.911. The maximum atomic E-state index is 12.1. The molecule has 0 aromatic carbocycles. The summed E-state index contributed by atoms with van der Waals surface area (Å²) < 4.78 is 6.11. The van der Waals surface area contributed by atoms with Gasteiger partial charge < -0.3 is 14.7 Å². The molecule has 21 heavy (non-hydrogen) atoms. The van der Waals surface area contributed by atoms with Crippen molar-refractivity contribution in [3.05, 3.63) is 0 Å². The van der Waals surface area contributed by atoms with Gasteiger partial charge in [-0.1, -0.05) is 32.6 Å². The average Bonchev–Trinajstić information content (AvgIpc) is 2.69. The number of rotatable bonds is 5. The quantitative estimate of drug-likeness (QED) is 0.792. The Kier molecular flexibility index (Phi) is 6.03. The molecule has 1 aliphatic carbocycles. The van der Waals surface area contributed by atoms with Gasteiger partial charge in [0.25, 0.3) is 0 Å². The van der Waals surface area contributed by atoms with Crippen molar-refractivity contribution in [3.8, 4) is 0 Å². The number of likely N-dealkylation sites (tertiary alicyclic amines) is 1. The standard InChI is InChI=1S/C16H27NO4/c1-2-7-15(18)17-11-13(10-14(17)16(19)20)21-12-8-5-3-4-6-9-12/h12-14H,2-11H2,1H3,(H,19,20). The molecule has 5 heteroatoms. The van der Waals surface area contributed by atoms with Gasteiger partial charge in [-0.15, -0.1) is 0 Å². The molecule has 2 aliphatic rings. The SMILES string of the molecule is CCCC(=O)N1CC(OC2CCCCCC2)CC1C(=O)O. The van der Waals surface area contributed by atoms with Crippen LogP contribution in [0.5, 0.6) is 0 Å². The van der Waals surface area contributed by atoms with Gasteiger partial charge in [0.1, 0.15) is 6.04 Å². The molecule has 1 saturated carbocycles. The van der Waals surface area contributed by atoms with E-state index in [0.29, 0.717) is 19.4 Å². The van der Waals surface area contributed by atoms with E-state index in [-0.39, 0.29) is 18.1 Å². The van der Waals surface area contributed by atoms with Gasteiger partial charge in [0.15, 0.2) is 0 Å². The molecule has 0 aromatic rings. The van der Waals surface area contributed by atoms with Crippen molar-refractivity contribution in [2.24, 2.45) is 0 Å². The predicted molar refractivity (Wildman–Crippen MR) is 79.0 cm³/mol. The average molecular weight is 297 g/mol. The van der Waals surface area contributed by atoms with Gasteiger partial charge in [0.05, 0.1) is 12.2 Å². The summed E-state index contributed by atoms with van der Waals surface area (Å²) in [6.45, 7) is 2.37. The highest BCUT2D eigenvalue weighted by Crippen LogP contribution is 2.27. The normalized spacial score (nSPS) is 27.6. The van der Waals surface area contributed by atoms with E-state index >= 15 is 0 Å². The highest BCUT2D eigenvalue weighted by Gasteiger charge is 2.40. The Balaban J connectivity index is 1.93. The first kappa shape index (κ1) is 16.3. The summed E-state index contributed by atoms with van der Waals surface area (Å²) in [6, 6.07) is -0.708. The number of nitrogens with zero attached hydrogens (tertiary/aromatic N) is 1. The molecule has 1 heterocycles. The van der Waals surface area contributed by atoms with E-state index in [1.807, 2.05) is 6.92 Å². The molecule has 1 saturated heterocycles. The first-order valence-corrected chi connectivity index (χ1v) is 8.29. The lowest BCUT2D eigenvalue weighted by molar-refractivity contribution is -0.148. The number of hydrogen-bond acceptors (Lipinski definition) is 3. The molecule has 1 aliphatic heterocycles. The number of carbonyl (C=O) groups excluding carboxylic acids is 1. The van der Waals surface area contributed by atoms with E-state index in [4.69, 9.17) is 4.74 Å². The summed E-state index contributed by atoms with van der Waals surface area (Å²) in [5.41, 5.74) is 0. The summed E-state index contributed by atoms with van der Waals surface area (Å²) in [7, 11) is 0. The van der Waals surface area contributed by atoms with E-state index in [9.17, 15) is 14.7 Å². The fourth-order valence-corrected chi connectivity index (χ4v) is 3.41. The molecule has 1 N–H and O–H groups in total. The molecule has 2 fully saturated rings. The van der Waals surface area contributed by atoms with Crippen LogP contribution in [0, 0.1) is 0 Å². The highest BCUT2D eigenvalue weighted by atomic mass is 16.5. The van der Waals surface area contributed by atoms with E-state index < -0.39 is 12.0 Å². The topological polar surface area (TPSA) is 66.8 Å². The Bertz CT molecular complexity index is 363. The maximum absolute atomic E-state index is 12.1. The van der Waals surface area contributed by atoms with Crippen molar-refractivity contribution in [2.45, 2.75) is 83.0 Å². The van der Waals surface area contributed by atoms with Crippen molar-refractivity contribution in [1.82, 2.24) is 4.90 Å². The van der Waals surface area contributed by atoms with Crippen molar-refractivity contribution in [2.75, 3.05) is 6.54 Å². The molecule has 0 spiro atoms. The number of carboxylic acid groups (broad SMARTS) is 1. The van der Waals surface area contributed by atoms with Crippen LogP contribution in [-0.2, 0) is 14.3 Å². The lowest BCUT2D eigenvalue weighted by atomic mass is 10.1. The Morgan fingerprint density at radius 1 is 1.14 bits per heavy atom. The molecule has 0 aromatic heterocycles. The van der Waals surface area contributed by atoms with Crippen molar-refractivity contribution >= 4 is 11.9 Å². The zero-order valence-corrected chi connectivity index (χ0v) is 12.9. The second kappa shape index (κ2) is 7.78. The first-order chi connectivity index (χ1) is 10.1. The smallest absolute Gasteiger partial charge is 0.326 e. The summed E-state index contributed by atoms with van der Waals surface area (Å²) in [5, 5.41) is 9.32. The Morgan fingerprint density at radius 2 is 1.81 bits per heavy atom. The van der Waals surface area contributed by atoms with E-state index in [1.165, 1.54) is 30.6 Å². The van der Waals surface area contributed by atoms with Crippen LogP contribution < -0.4 is 0 Å². The number of amides is 1. The molecule has 0 bridgehead atoms. The Morgan fingerprint density at radius 3 is 2.38 bits per heavy atom. The summed E-state index contributed by atoms with van der Waals surface area (Å²) in [4.78, 5) is 24.9. The van der Waals surface area contributed by atoms with Crippen LogP contribution in [0.4, 0.5) is 0 Å². The van der Waals surface area contributed by atoms with Gasteiger partial charge in [-0.3, -0.25) is 4.79 Å². The van der Waals surface area contributed by atoms with E-state index in [0.717, 1.165) is 19.3 Å². The van der Waals surface area contributed by atoms with Gasteiger partial charge in [0.2, 0.25) is 5.91 Å². The van der Waals surface area contributed by atoms with Crippen molar-refractivity contribution in [3.63, 3.8) is 0 Å². The number of ether oxygens (including phenoxy) is 1. The Labute approximate surface area is 126 Å². The molecule has 2 rings (SSSR count). The van der Waals surface area contributed by atoms with Crippen LogP contribution in [0.1, 0.15) is 64.7 Å². The fraction of sp³-hybridized carbons (Fsp3) is 0.875. The zero-order chi connectivity index (χ0) is 15.2. The monoisotopic (exact) mass is 297 g/mol. The fourth-order valence-electron chi connectivity index (χ4n) is 3.41. The van der Waals surface area contributed by atoms with E-state index in [1.54, 1.807) is 0 Å². The van der Waals surface area contributed by atoms with Gasteiger partial charge >= 0.3 is 5.97 Å². The van der Waals surface area contributed by atoms with Gasteiger partial charge in [-0.05, 0) is 19.3 Å².